The fraction of sp³-hybridized carbons (Fsp3) is 0.582. The normalized spacial score (nSPS) is 19.8. The number of amides is 6. The molecule has 0 spiro atoms. The molecule has 3 heterocycles. The summed E-state index contributed by atoms with van der Waals surface area (Å²) in [5.74, 6) is -3.22. The Balaban J connectivity index is 1.17. The molecule has 0 aromatic heterocycles. The molecule has 2 aromatic carbocycles. The Morgan fingerprint density at radius 1 is 0.842 bits per heavy atom. The van der Waals surface area contributed by atoms with Crippen molar-refractivity contribution in [1.29, 1.82) is 0 Å². The summed E-state index contributed by atoms with van der Waals surface area (Å²) in [6.07, 6.45) is 9.96. The minimum absolute atomic E-state index is 0.00235. The minimum Gasteiger partial charge on any atom is -0.487 e. The first-order valence-corrected chi connectivity index (χ1v) is 28.2. The van der Waals surface area contributed by atoms with Gasteiger partial charge in [-0.1, -0.05) is 24.3 Å². The second-order valence-corrected chi connectivity index (χ2v) is 23.0. The number of halogens is 1. The molecule has 2 aromatic rings. The number of nitrogens with zero attached hydrogens (tertiary/aromatic N) is 3. The molecule has 1 aliphatic carbocycles. The Morgan fingerprint density at radius 2 is 1.46 bits per heavy atom. The van der Waals surface area contributed by atoms with Gasteiger partial charge in [-0.25, -0.2) is 17.5 Å². The monoisotopic (exact) mass is 1070 g/mol. The highest BCUT2D eigenvalue weighted by Crippen LogP contribution is 2.44. The second kappa shape index (κ2) is 25.7. The number of carbonyl (C=O) groups excluding carboxylic acids is 6. The van der Waals surface area contributed by atoms with Gasteiger partial charge in [0, 0.05) is 44.6 Å². The maximum absolute atomic E-state index is 14.6. The van der Waals surface area contributed by atoms with Crippen LogP contribution >= 0.6 is 0 Å². The lowest BCUT2D eigenvalue weighted by Gasteiger charge is -2.43. The molecule has 6 rings (SSSR count). The van der Waals surface area contributed by atoms with Gasteiger partial charge in [-0.15, -0.1) is 13.2 Å². The van der Waals surface area contributed by atoms with Crippen molar-refractivity contribution in [2.24, 2.45) is 16.5 Å². The van der Waals surface area contributed by atoms with E-state index in [1.54, 1.807) is 26.0 Å². The van der Waals surface area contributed by atoms with Crippen LogP contribution < -0.4 is 42.2 Å². The van der Waals surface area contributed by atoms with Gasteiger partial charge in [0.05, 0.1) is 10.9 Å². The van der Waals surface area contributed by atoms with E-state index in [1.165, 1.54) is 34.1 Å². The van der Waals surface area contributed by atoms with E-state index in [4.69, 9.17) is 16.2 Å². The Bertz CT molecular complexity index is 2660. The van der Waals surface area contributed by atoms with E-state index in [0.29, 0.717) is 98.8 Å². The summed E-state index contributed by atoms with van der Waals surface area (Å²) in [4.78, 5) is 92.1. The summed E-state index contributed by atoms with van der Waals surface area (Å²) < 4.78 is 50.3. The van der Waals surface area contributed by atoms with E-state index in [-0.39, 0.29) is 74.9 Å². The summed E-state index contributed by atoms with van der Waals surface area (Å²) in [5.41, 5.74) is 13.7. The maximum Gasteiger partial charge on any atom is 0.264 e. The Labute approximate surface area is 447 Å². The molecule has 0 radical (unpaired) electrons. The molecular weight excluding hydrogens is 996 g/mol. The smallest absolute Gasteiger partial charge is 0.264 e. The van der Waals surface area contributed by atoms with E-state index >= 15 is 0 Å². The predicted octanol–water partition coefficient (Wildman–Crippen LogP) is 3.84. The fourth-order valence-electron chi connectivity index (χ4n) is 10.7. The van der Waals surface area contributed by atoms with Crippen molar-refractivity contribution in [2.75, 3.05) is 26.2 Å². The van der Waals surface area contributed by atoms with Crippen molar-refractivity contribution in [3.8, 4) is 5.75 Å². The number of hydrogen-bond donors (Lipinski definition) is 7. The molecule has 21 heteroatoms. The largest absolute Gasteiger partial charge is 0.487 e. The van der Waals surface area contributed by atoms with Crippen LogP contribution in [0.2, 0.25) is 0 Å². The molecule has 19 nitrogen and oxygen atoms in total. The Kier molecular flexibility index (Phi) is 19.9. The van der Waals surface area contributed by atoms with Crippen molar-refractivity contribution in [1.82, 2.24) is 35.8 Å². The molecule has 0 bridgehead atoms. The molecule has 3 aliphatic heterocycles. The van der Waals surface area contributed by atoms with Crippen LogP contribution in [0.3, 0.4) is 0 Å². The number of benzene rings is 2. The molecule has 3 fully saturated rings. The molecular formula is C55H79FN10O9S. The predicted molar refractivity (Wildman–Crippen MR) is 288 cm³/mol. The molecule has 1 saturated carbocycles. The molecule has 416 valence electrons. The number of hydrogen-bond acceptors (Lipinski definition) is 11. The van der Waals surface area contributed by atoms with Gasteiger partial charge in [0.15, 0.2) is 0 Å². The molecule has 5 atom stereocenters. The number of rotatable bonds is 25. The van der Waals surface area contributed by atoms with Gasteiger partial charge in [-0.3, -0.25) is 33.8 Å². The number of unbranched alkanes of at least 4 members (excludes halogenated alkanes) is 2. The number of sulfonamides is 1. The number of likely N-dealkylation sites (tertiary alicyclic amines) is 2. The van der Waals surface area contributed by atoms with Gasteiger partial charge < -0.3 is 47.3 Å². The SMILES string of the molecule is C=CCCCNC(=O)[C@@H]1CCCN1C(=O)[C@H](CCCN=C(N)NS(=O)(=O)c1c(C)c(C)c2c(c1C)CC(C)(C)O2)NC(=O)C1(NC(=O)[C@@H]2CCCN2C(=O)[C@H](Cc2ccc(F)cc2)NC(=O)[C@@H](N)CCCC=C)CCC1. The van der Waals surface area contributed by atoms with Crippen LogP contribution in [0.5, 0.6) is 5.75 Å². The summed E-state index contributed by atoms with van der Waals surface area (Å²) in [5, 5.41) is 11.6. The number of fused-ring (bicyclic) bond motifs is 1. The van der Waals surface area contributed by atoms with Crippen LogP contribution in [0.4, 0.5) is 4.39 Å². The lowest BCUT2D eigenvalue weighted by Crippen LogP contribution is -2.67. The number of aliphatic imine (C=N–C) groups is 1. The highest BCUT2D eigenvalue weighted by atomic mass is 32.2. The average Bonchev–Trinajstić information content (AvgIpc) is 4.13. The molecule has 6 amide bonds. The Hall–Kier alpha value is -6.35. The van der Waals surface area contributed by atoms with E-state index in [0.717, 1.165) is 5.56 Å². The number of guanidine groups is 1. The lowest BCUT2D eigenvalue weighted by atomic mass is 9.75. The highest BCUT2D eigenvalue weighted by Gasteiger charge is 2.50. The van der Waals surface area contributed by atoms with Crippen LogP contribution in [-0.2, 0) is 51.6 Å². The average molecular weight is 1080 g/mol. The van der Waals surface area contributed by atoms with Gasteiger partial charge in [0.1, 0.15) is 46.9 Å². The fourth-order valence-corrected chi connectivity index (χ4v) is 12.2. The zero-order valence-electron chi connectivity index (χ0n) is 44.9. The van der Waals surface area contributed by atoms with E-state index in [2.05, 4.69) is 44.1 Å². The van der Waals surface area contributed by atoms with Crippen molar-refractivity contribution in [3.05, 3.63) is 83.2 Å². The summed E-state index contributed by atoms with van der Waals surface area (Å²) in [6.45, 7) is 17.4. The first-order chi connectivity index (χ1) is 36.0. The zero-order chi connectivity index (χ0) is 55.5. The number of nitrogens with one attached hydrogen (secondary N) is 5. The van der Waals surface area contributed by atoms with Crippen molar-refractivity contribution < 1.29 is 46.3 Å². The van der Waals surface area contributed by atoms with Crippen LogP contribution in [0.25, 0.3) is 0 Å². The number of carbonyl (C=O) groups is 6. The molecule has 0 unspecified atom stereocenters. The molecule has 2 saturated heterocycles. The number of nitrogens with two attached hydrogens (primary N) is 2. The second-order valence-electron chi connectivity index (χ2n) is 21.3. The first kappa shape index (κ1) is 58.9. The van der Waals surface area contributed by atoms with E-state index in [9.17, 15) is 41.6 Å². The van der Waals surface area contributed by atoms with Crippen LogP contribution in [0.1, 0.15) is 132 Å². The third kappa shape index (κ3) is 14.2. The van der Waals surface area contributed by atoms with Crippen LogP contribution in [-0.4, -0.2) is 127 Å². The quantitative estimate of drug-likeness (QED) is 0.0325. The van der Waals surface area contributed by atoms with Gasteiger partial charge in [0.25, 0.3) is 10.0 Å². The lowest BCUT2D eigenvalue weighted by molar-refractivity contribution is -0.146. The number of allylic oxidation sites excluding steroid dienone is 2. The molecule has 4 aliphatic rings. The minimum atomic E-state index is -4.20. The van der Waals surface area contributed by atoms with Crippen molar-refractivity contribution in [2.45, 2.75) is 184 Å². The van der Waals surface area contributed by atoms with Crippen molar-refractivity contribution >= 4 is 51.4 Å². The van der Waals surface area contributed by atoms with Crippen molar-refractivity contribution in [3.63, 3.8) is 0 Å². The first-order valence-electron chi connectivity index (χ1n) is 26.7. The van der Waals surface area contributed by atoms with Gasteiger partial charge >= 0.3 is 0 Å². The van der Waals surface area contributed by atoms with Crippen LogP contribution in [0, 0.1) is 26.6 Å². The standard InChI is InChI=1S/C55H79FN10O9S/c1-8-10-12-18-40(57)47(67)61-42(32-37-22-24-38(56)25-23-37)51(71)66-31-16-21-44(66)49(69)63-55(26-17-27-55)52(72)62-41(50(70)65-30-15-20-43(65)48(68)59-28-13-11-9-2)19-14-29-60-53(58)64-76(73,74)46-35(4)34(3)45-39(36(46)5)33-54(6,7)75-45/h8-9,22-25,40-44H,1-2,10-21,26-33,57H2,3-7H3,(H,59,68)(H,61,67)(H,62,72)(H,63,69)(H3,58,60,64)/t40-,41-,42-,43-,44-/m0/s1. The Morgan fingerprint density at radius 3 is 2.08 bits per heavy atom. The van der Waals surface area contributed by atoms with Crippen LogP contribution in [0.15, 0.2) is 59.5 Å². The van der Waals surface area contributed by atoms with E-state index < -0.39 is 86.7 Å². The zero-order valence-corrected chi connectivity index (χ0v) is 45.7. The maximum atomic E-state index is 14.6. The third-order valence-electron chi connectivity index (χ3n) is 15.1. The summed E-state index contributed by atoms with van der Waals surface area (Å²) in [7, 11) is -4.20. The van der Waals surface area contributed by atoms with Gasteiger partial charge in [0.2, 0.25) is 41.4 Å². The summed E-state index contributed by atoms with van der Waals surface area (Å²) in [6, 6.07) is 0.537. The van der Waals surface area contributed by atoms with Gasteiger partial charge in [-0.2, -0.15) is 0 Å². The third-order valence-corrected chi connectivity index (χ3v) is 16.8. The highest BCUT2D eigenvalue weighted by molar-refractivity contribution is 7.90. The number of ether oxygens (including phenoxy) is 1. The summed E-state index contributed by atoms with van der Waals surface area (Å²) >= 11 is 0. The molecule has 9 N–H and O–H groups in total. The van der Waals surface area contributed by atoms with Gasteiger partial charge in [-0.05, 0) is 159 Å². The topological polar surface area (TPSA) is 277 Å². The van der Waals surface area contributed by atoms with E-state index in [1.807, 2.05) is 20.8 Å². The molecule has 76 heavy (non-hydrogen) atoms.